The van der Waals surface area contributed by atoms with Gasteiger partial charge in [0.2, 0.25) is 12.0 Å². The number of methoxy groups -OCH3 is 4. The number of rotatable bonds is 10. The predicted octanol–water partition coefficient (Wildman–Crippen LogP) is 5.10. The Balaban J connectivity index is 1.55. The largest absolute Gasteiger partial charge is 0.497 e. The molecular weight excluding hydrogens is 562 g/mol. The summed E-state index contributed by atoms with van der Waals surface area (Å²) in [5.74, 6) is 0.760. The minimum Gasteiger partial charge on any atom is -0.497 e. The van der Waals surface area contributed by atoms with Gasteiger partial charge in [0.25, 0.3) is 0 Å². The van der Waals surface area contributed by atoms with Gasteiger partial charge in [-0.1, -0.05) is 42.5 Å². The van der Waals surface area contributed by atoms with Crippen LogP contribution < -0.4 is 23.7 Å². The Morgan fingerprint density at radius 3 is 1.95 bits per heavy atom. The summed E-state index contributed by atoms with van der Waals surface area (Å²) in [5.41, 5.74) is 3.40. The van der Waals surface area contributed by atoms with Crippen LogP contribution in [0.25, 0.3) is 11.1 Å². The summed E-state index contributed by atoms with van der Waals surface area (Å²) >= 11 is 0. The van der Waals surface area contributed by atoms with Gasteiger partial charge in [-0.05, 0) is 51.9 Å². The lowest BCUT2D eigenvalue weighted by molar-refractivity contribution is -0.157. The van der Waals surface area contributed by atoms with Crippen molar-refractivity contribution in [3.8, 4) is 39.9 Å². The minimum atomic E-state index is -1.52. The van der Waals surface area contributed by atoms with E-state index in [0.29, 0.717) is 47.1 Å². The molecule has 1 N–H and O–H groups in total. The fourth-order valence-corrected chi connectivity index (χ4v) is 6.63. The lowest BCUT2D eigenvalue weighted by atomic mass is 9.74. The summed E-state index contributed by atoms with van der Waals surface area (Å²) in [5, 5.41) is 11.0. The Morgan fingerprint density at radius 2 is 1.34 bits per heavy atom. The first-order chi connectivity index (χ1) is 21.3. The summed E-state index contributed by atoms with van der Waals surface area (Å²) in [4.78, 5) is 29.7. The highest BCUT2D eigenvalue weighted by atomic mass is 16.5. The summed E-state index contributed by atoms with van der Waals surface area (Å²) in [6.07, 6.45) is -0.966. The van der Waals surface area contributed by atoms with Crippen molar-refractivity contribution in [2.24, 2.45) is 0 Å². The number of benzene rings is 4. The molecule has 44 heavy (non-hydrogen) atoms. The average Bonchev–Trinajstić information content (AvgIpc) is 3.35. The third-order valence-electron chi connectivity index (χ3n) is 8.44. The van der Waals surface area contributed by atoms with Crippen molar-refractivity contribution >= 4 is 11.9 Å². The highest BCUT2D eigenvalue weighted by Gasteiger charge is 2.60. The zero-order valence-corrected chi connectivity index (χ0v) is 25.0. The van der Waals surface area contributed by atoms with Crippen molar-refractivity contribution in [3.05, 3.63) is 101 Å². The van der Waals surface area contributed by atoms with E-state index in [1.54, 1.807) is 55.5 Å². The van der Waals surface area contributed by atoms with Crippen molar-refractivity contribution in [1.82, 2.24) is 4.90 Å². The Hall–Kier alpha value is -5.18. The fraction of sp³-hybridized carbons (Fsp3) is 0.257. The van der Waals surface area contributed by atoms with Crippen molar-refractivity contribution in [2.45, 2.75) is 24.5 Å². The van der Waals surface area contributed by atoms with Crippen LogP contribution in [0.1, 0.15) is 22.3 Å². The predicted molar refractivity (Wildman–Crippen MR) is 163 cm³/mol. The van der Waals surface area contributed by atoms with Crippen molar-refractivity contribution in [2.75, 3.05) is 35.0 Å². The second-order valence-corrected chi connectivity index (χ2v) is 10.7. The molecule has 0 saturated carbocycles. The van der Waals surface area contributed by atoms with Gasteiger partial charge in [-0.25, -0.2) is 4.79 Å². The third-order valence-corrected chi connectivity index (χ3v) is 8.44. The number of amides is 1. The van der Waals surface area contributed by atoms with Crippen LogP contribution in [0.5, 0.6) is 28.7 Å². The Kier molecular flexibility index (Phi) is 7.55. The third kappa shape index (κ3) is 4.65. The second-order valence-electron chi connectivity index (χ2n) is 10.7. The fourth-order valence-electron chi connectivity index (χ4n) is 6.63. The Bertz CT molecular complexity index is 1710. The highest BCUT2D eigenvalue weighted by Crippen LogP contribution is 2.56. The van der Waals surface area contributed by atoms with E-state index >= 15 is 0 Å². The molecule has 0 radical (unpaired) electrons. The molecule has 9 nitrogen and oxygen atoms in total. The summed E-state index contributed by atoms with van der Waals surface area (Å²) < 4.78 is 28.2. The maximum Gasteiger partial charge on any atom is 0.348 e. The van der Waals surface area contributed by atoms with Crippen molar-refractivity contribution < 1.29 is 38.4 Å². The van der Waals surface area contributed by atoms with E-state index in [0.717, 1.165) is 22.3 Å². The molecule has 1 aliphatic heterocycles. The van der Waals surface area contributed by atoms with Crippen molar-refractivity contribution in [1.29, 1.82) is 0 Å². The van der Waals surface area contributed by atoms with E-state index in [4.69, 9.17) is 23.7 Å². The molecule has 6 rings (SSSR count). The van der Waals surface area contributed by atoms with E-state index in [2.05, 4.69) is 0 Å². The molecule has 0 bridgehead atoms. The molecule has 0 aromatic heterocycles. The highest BCUT2D eigenvalue weighted by molar-refractivity contribution is 5.92. The molecule has 4 aromatic carbocycles. The molecule has 1 heterocycles. The van der Waals surface area contributed by atoms with Crippen LogP contribution in [0.4, 0.5) is 0 Å². The number of nitrogens with zero attached hydrogens (tertiary/aromatic N) is 1. The van der Waals surface area contributed by atoms with E-state index < -0.39 is 17.6 Å². The van der Waals surface area contributed by atoms with Gasteiger partial charge in [-0.2, -0.15) is 0 Å². The van der Waals surface area contributed by atoms with E-state index in [9.17, 15) is 14.7 Å². The number of ether oxygens (including phenoxy) is 5. The normalized spacial score (nSPS) is 16.8. The minimum absolute atomic E-state index is 0.00566. The smallest absolute Gasteiger partial charge is 0.348 e. The monoisotopic (exact) mass is 595 g/mol. The molecule has 0 fully saturated rings. The van der Waals surface area contributed by atoms with Gasteiger partial charge in [0.1, 0.15) is 34.3 Å². The first-order valence-electron chi connectivity index (χ1n) is 14.2. The molecular formula is C35H33NO8. The number of aliphatic carboxylic acids is 1. The first kappa shape index (κ1) is 28.9. The van der Waals surface area contributed by atoms with Gasteiger partial charge >= 0.3 is 5.97 Å². The first-order valence-corrected chi connectivity index (χ1v) is 14.2. The molecule has 1 amide bonds. The van der Waals surface area contributed by atoms with Gasteiger partial charge in [0, 0.05) is 30.8 Å². The van der Waals surface area contributed by atoms with Gasteiger partial charge in [-0.15, -0.1) is 0 Å². The Labute approximate surface area is 255 Å². The van der Waals surface area contributed by atoms with E-state index in [-0.39, 0.29) is 18.1 Å². The molecule has 226 valence electrons. The number of hydrogen-bond donors (Lipinski definition) is 1. The maximum absolute atomic E-state index is 14.5. The topological polar surface area (TPSA) is 104 Å². The van der Waals surface area contributed by atoms with Gasteiger partial charge in [-0.3, -0.25) is 4.79 Å². The zero-order valence-electron chi connectivity index (χ0n) is 25.0. The molecule has 0 spiro atoms. The van der Waals surface area contributed by atoms with Gasteiger partial charge in [0.05, 0.1) is 34.9 Å². The standard InChI is InChI=1S/C35H33NO8/c1-40-23-14-21(15-24(17-23)41-2)16-31(37)36-13-12-22-8-7-10-29-28-9-5-6-11-30(28)35(36,32(22)29)33(34(38)39)44-27-19-25(42-3)18-26(20-27)43-4/h5-11,14-15,17-20,33H,12-13,16H2,1-4H3,(H,38,39)/t33-,35+/m1/s1. The van der Waals surface area contributed by atoms with Crippen LogP contribution in [0.15, 0.2) is 78.9 Å². The van der Waals surface area contributed by atoms with Gasteiger partial charge < -0.3 is 33.7 Å². The zero-order chi connectivity index (χ0) is 31.0. The van der Waals surface area contributed by atoms with Crippen LogP contribution >= 0.6 is 0 Å². The van der Waals surface area contributed by atoms with Crippen LogP contribution in [0, 0.1) is 0 Å². The Morgan fingerprint density at radius 1 is 0.773 bits per heavy atom. The number of carbonyl (C=O) groups excluding carboxylic acids is 1. The molecule has 1 aliphatic carbocycles. The van der Waals surface area contributed by atoms with Crippen molar-refractivity contribution in [3.63, 3.8) is 0 Å². The van der Waals surface area contributed by atoms with E-state index in [1.807, 2.05) is 42.5 Å². The maximum atomic E-state index is 14.5. The quantitative estimate of drug-likeness (QED) is 0.270. The number of carbonyl (C=O) groups is 2. The number of carboxylic acids is 1. The van der Waals surface area contributed by atoms with Crippen LogP contribution in [-0.2, 0) is 28.0 Å². The molecule has 0 unspecified atom stereocenters. The average molecular weight is 596 g/mol. The summed E-state index contributed by atoms with van der Waals surface area (Å²) in [6.45, 7) is 0.291. The molecule has 9 heteroatoms. The second kappa shape index (κ2) is 11.5. The number of fused-ring (bicyclic) bond motifs is 3. The van der Waals surface area contributed by atoms with Crippen LogP contribution in [-0.4, -0.2) is 63.0 Å². The molecule has 2 aliphatic rings. The summed E-state index contributed by atoms with van der Waals surface area (Å²) in [6, 6.07) is 23.8. The lowest BCUT2D eigenvalue weighted by Crippen LogP contribution is -2.63. The van der Waals surface area contributed by atoms with E-state index in [1.165, 1.54) is 14.2 Å². The molecule has 2 atom stereocenters. The molecule has 4 aromatic rings. The SMILES string of the molecule is COc1cc(CC(=O)N2CCc3cccc4c3[C@]2([C@H](Oc2cc(OC)cc(OC)c2)C(=O)O)c2ccccc2-4)cc(OC)c1. The van der Waals surface area contributed by atoms with Crippen LogP contribution in [0.3, 0.4) is 0 Å². The summed E-state index contributed by atoms with van der Waals surface area (Å²) in [7, 11) is 6.13. The molecule has 0 saturated heterocycles. The lowest BCUT2D eigenvalue weighted by Gasteiger charge is -2.49. The number of hydrogen-bond acceptors (Lipinski definition) is 7. The van der Waals surface area contributed by atoms with Gasteiger partial charge in [0.15, 0.2) is 0 Å². The number of carboxylic acid groups (broad SMARTS) is 1. The van der Waals surface area contributed by atoms with Crippen LogP contribution in [0.2, 0.25) is 0 Å².